The highest BCUT2D eigenvalue weighted by molar-refractivity contribution is 5.81. The molecule has 0 bridgehead atoms. The average Bonchev–Trinajstić information content (AvgIpc) is 2.72. The van der Waals surface area contributed by atoms with Crippen molar-refractivity contribution < 1.29 is 4.79 Å². The summed E-state index contributed by atoms with van der Waals surface area (Å²) < 4.78 is 2.25. The van der Waals surface area contributed by atoms with Crippen LogP contribution in [-0.2, 0) is 18.3 Å². The maximum Gasteiger partial charge on any atom is 0.219 e. The maximum absolute atomic E-state index is 11.1. The average molecular weight is 244 g/mol. The Morgan fingerprint density at radius 1 is 1.28 bits per heavy atom. The number of hydrogen-bond acceptors (Lipinski definition) is 1. The first-order valence-electron chi connectivity index (χ1n) is 6.46. The van der Waals surface area contributed by atoms with Gasteiger partial charge in [0.25, 0.3) is 0 Å². The first-order valence-corrected chi connectivity index (χ1v) is 6.46. The fraction of sp³-hybridized carbons (Fsp3) is 0.400. The number of fused-ring (bicyclic) bond motifs is 1. The summed E-state index contributed by atoms with van der Waals surface area (Å²) in [5.74, 6) is 0.132. The van der Waals surface area contributed by atoms with Crippen molar-refractivity contribution in [2.45, 2.75) is 25.7 Å². The number of carbonyl (C=O) groups is 1. The van der Waals surface area contributed by atoms with Crippen LogP contribution in [0.25, 0.3) is 10.9 Å². The molecule has 0 radical (unpaired) electrons. The van der Waals surface area contributed by atoms with Gasteiger partial charge in [-0.1, -0.05) is 18.2 Å². The van der Waals surface area contributed by atoms with Gasteiger partial charge in [0.05, 0.1) is 0 Å². The minimum absolute atomic E-state index is 0.132. The van der Waals surface area contributed by atoms with Crippen molar-refractivity contribution in [3.63, 3.8) is 0 Å². The Balaban J connectivity index is 1.95. The third-order valence-corrected chi connectivity index (χ3v) is 3.42. The Kier molecular flexibility index (Phi) is 4.03. The molecule has 2 rings (SSSR count). The quantitative estimate of drug-likeness (QED) is 0.806. The van der Waals surface area contributed by atoms with Crippen LogP contribution >= 0.6 is 0 Å². The van der Waals surface area contributed by atoms with E-state index in [1.807, 2.05) is 0 Å². The lowest BCUT2D eigenvalue weighted by Crippen LogP contribution is -2.17. The molecule has 1 aromatic carbocycles. The number of amides is 1. The molecule has 18 heavy (non-hydrogen) atoms. The van der Waals surface area contributed by atoms with Gasteiger partial charge in [-0.05, 0) is 36.8 Å². The van der Waals surface area contributed by atoms with E-state index in [9.17, 15) is 4.79 Å². The van der Waals surface area contributed by atoms with Crippen LogP contribution in [0, 0.1) is 0 Å². The van der Waals surface area contributed by atoms with Crippen molar-refractivity contribution in [1.82, 2.24) is 9.88 Å². The van der Waals surface area contributed by atoms with Crippen LogP contribution < -0.4 is 5.32 Å². The third kappa shape index (κ3) is 2.73. The number of unbranched alkanes of at least 4 members (excludes halogenated alkanes) is 1. The lowest BCUT2D eigenvalue weighted by molar-refractivity contribution is -0.120. The van der Waals surface area contributed by atoms with Gasteiger partial charge in [-0.25, -0.2) is 0 Å². The number of rotatable bonds is 5. The van der Waals surface area contributed by atoms with Gasteiger partial charge in [-0.3, -0.25) is 4.79 Å². The lowest BCUT2D eigenvalue weighted by Gasteiger charge is -2.04. The molecule has 0 aliphatic rings. The summed E-state index contributed by atoms with van der Waals surface area (Å²) >= 11 is 0. The van der Waals surface area contributed by atoms with Crippen LogP contribution in [0.3, 0.4) is 0 Å². The van der Waals surface area contributed by atoms with Gasteiger partial charge < -0.3 is 9.88 Å². The van der Waals surface area contributed by atoms with Crippen LogP contribution in [0.15, 0.2) is 30.3 Å². The highest BCUT2D eigenvalue weighted by Gasteiger charge is 2.05. The molecule has 0 saturated carbocycles. The third-order valence-electron chi connectivity index (χ3n) is 3.42. The summed E-state index contributed by atoms with van der Waals surface area (Å²) in [6.45, 7) is 0. The number of para-hydroxylation sites is 1. The van der Waals surface area contributed by atoms with Crippen molar-refractivity contribution in [2.75, 3.05) is 7.05 Å². The van der Waals surface area contributed by atoms with Gasteiger partial charge in [-0.2, -0.15) is 0 Å². The molecule has 3 nitrogen and oxygen atoms in total. The smallest absolute Gasteiger partial charge is 0.219 e. The minimum Gasteiger partial charge on any atom is -0.359 e. The molecule has 3 heteroatoms. The number of nitrogens with one attached hydrogen (secondary N) is 1. The molecule has 0 atom stereocenters. The summed E-state index contributed by atoms with van der Waals surface area (Å²) in [6.07, 6.45) is 3.65. The molecule has 0 aliphatic carbocycles. The monoisotopic (exact) mass is 244 g/mol. The van der Waals surface area contributed by atoms with Crippen LogP contribution in [0.4, 0.5) is 0 Å². The fourth-order valence-corrected chi connectivity index (χ4v) is 2.30. The molecule has 0 unspecified atom stereocenters. The zero-order chi connectivity index (χ0) is 13.0. The lowest BCUT2D eigenvalue weighted by atomic mass is 10.1. The van der Waals surface area contributed by atoms with E-state index in [1.54, 1.807) is 7.05 Å². The predicted molar refractivity (Wildman–Crippen MR) is 74.5 cm³/mol. The van der Waals surface area contributed by atoms with E-state index in [1.165, 1.54) is 16.6 Å². The van der Waals surface area contributed by atoms with E-state index in [0.717, 1.165) is 19.3 Å². The SMILES string of the molecule is CNC(=O)CCCCc1cc2ccccc2n1C. The number of hydrogen-bond donors (Lipinski definition) is 1. The summed E-state index contributed by atoms with van der Waals surface area (Å²) in [5, 5.41) is 3.95. The Morgan fingerprint density at radius 2 is 2.06 bits per heavy atom. The van der Waals surface area contributed by atoms with Crippen LogP contribution in [0.5, 0.6) is 0 Å². The maximum atomic E-state index is 11.1. The van der Waals surface area contributed by atoms with Gasteiger partial charge in [0.2, 0.25) is 5.91 Å². The largest absolute Gasteiger partial charge is 0.359 e. The first kappa shape index (κ1) is 12.7. The Labute approximate surface area is 108 Å². The van der Waals surface area contributed by atoms with Crippen molar-refractivity contribution in [3.05, 3.63) is 36.0 Å². The zero-order valence-corrected chi connectivity index (χ0v) is 11.1. The Morgan fingerprint density at radius 3 is 2.78 bits per heavy atom. The van der Waals surface area contributed by atoms with Crippen molar-refractivity contribution in [2.24, 2.45) is 7.05 Å². The van der Waals surface area contributed by atoms with Gasteiger partial charge in [0, 0.05) is 31.7 Å². The number of aromatic nitrogens is 1. The second-order valence-electron chi connectivity index (χ2n) is 4.63. The number of carbonyl (C=O) groups excluding carboxylic acids is 1. The Hall–Kier alpha value is -1.77. The van der Waals surface area contributed by atoms with Crippen molar-refractivity contribution >= 4 is 16.8 Å². The molecular formula is C15H20N2O. The van der Waals surface area contributed by atoms with Gasteiger partial charge >= 0.3 is 0 Å². The fourth-order valence-electron chi connectivity index (χ4n) is 2.30. The second-order valence-corrected chi connectivity index (χ2v) is 4.63. The number of benzene rings is 1. The molecule has 0 spiro atoms. The Bertz CT molecular complexity index is 542. The van der Waals surface area contributed by atoms with Crippen LogP contribution in [-0.4, -0.2) is 17.5 Å². The van der Waals surface area contributed by atoms with E-state index in [2.05, 4.69) is 47.3 Å². The topological polar surface area (TPSA) is 34.0 Å². The van der Waals surface area contributed by atoms with Crippen LogP contribution in [0.1, 0.15) is 25.0 Å². The highest BCUT2D eigenvalue weighted by Crippen LogP contribution is 2.19. The normalized spacial score (nSPS) is 10.8. The summed E-state index contributed by atoms with van der Waals surface area (Å²) in [7, 11) is 3.79. The summed E-state index contributed by atoms with van der Waals surface area (Å²) in [4.78, 5) is 11.1. The van der Waals surface area contributed by atoms with E-state index in [-0.39, 0.29) is 5.91 Å². The molecule has 1 N–H and O–H groups in total. The van der Waals surface area contributed by atoms with E-state index < -0.39 is 0 Å². The van der Waals surface area contributed by atoms with Gasteiger partial charge in [0.1, 0.15) is 0 Å². The predicted octanol–water partition coefficient (Wildman–Crippen LogP) is 2.64. The minimum atomic E-state index is 0.132. The molecule has 1 aromatic heterocycles. The van der Waals surface area contributed by atoms with Crippen molar-refractivity contribution in [1.29, 1.82) is 0 Å². The molecular weight excluding hydrogens is 224 g/mol. The number of nitrogens with zero attached hydrogens (tertiary/aromatic N) is 1. The molecule has 0 saturated heterocycles. The van der Waals surface area contributed by atoms with Gasteiger partial charge in [-0.15, -0.1) is 0 Å². The molecule has 1 amide bonds. The molecule has 2 aromatic rings. The molecule has 1 heterocycles. The summed E-state index contributed by atoms with van der Waals surface area (Å²) in [6, 6.07) is 10.7. The molecule has 0 fully saturated rings. The standard InChI is InChI=1S/C15H20N2O/c1-16-15(18)10-6-4-8-13-11-12-7-3-5-9-14(12)17(13)2/h3,5,7,9,11H,4,6,8,10H2,1-2H3,(H,16,18). The first-order chi connectivity index (χ1) is 8.72. The second kappa shape index (κ2) is 5.71. The van der Waals surface area contributed by atoms with E-state index >= 15 is 0 Å². The molecule has 96 valence electrons. The number of aryl methyl sites for hydroxylation is 2. The van der Waals surface area contributed by atoms with Crippen molar-refractivity contribution in [3.8, 4) is 0 Å². The van der Waals surface area contributed by atoms with Gasteiger partial charge in [0.15, 0.2) is 0 Å². The highest BCUT2D eigenvalue weighted by atomic mass is 16.1. The van der Waals surface area contributed by atoms with E-state index in [4.69, 9.17) is 0 Å². The zero-order valence-electron chi connectivity index (χ0n) is 11.1. The summed E-state index contributed by atoms with van der Waals surface area (Å²) in [5.41, 5.74) is 2.62. The van der Waals surface area contributed by atoms with Crippen LogP contribution in [0.2, 0.25) is 0 Å². The van der Waals surface area contributed by atoms with E-state index in [0.29, 0.717) is 6.42 Å². The molecule has 0 aliphatic heterocycles.